The van der Waals surface area contributed by atoms with E-state index in [2.05, 4.69) is 264 Å². The third-order valence-electron chi connectivity index (χ3n) is 16.4. The molecule has 0 fully saturated rings. The molecule has 4 heterocycles. The summed E-state index contributed by atoms with van der Waals surface area (Å²) in [5.74, 6) is 2.16. The molecular weight excluding hydrogens is 911 g/mol. The summed E-state index contributed by atoms with van der Waals surface area (Å²) in [4.78, 5) is 18.7. The van der Waals surface area contributed by atoms with Gasteiger partial charge in [0.15, 0.2) is 17.5 Å². The van der Waals surface area contributed by atoms with Crippen LogP contribution < -0.4 is 4.90 Å². The second-order valence-electron chi connectivity index (χ2n) is 20.2. The van der Waals surface area contributed by atoms with E-state index >= 15 is 0 Å². The largest absolute Gasteiger partial charge is 0.333 e. The number of allylic oxidation sites excluding steroid dienone is 2. The lowest BCUT2D eigenvalue weighted by Crippen LogP contribution is -2.33. The molecule has 1 spiro atoms. The summed E-state index contributed by atoms with van der Waals surface area (Å²) in [5.41, 5.74) is 21.5. The van der Waals surface area contributed by atoms with Gasteiger partial charge in [-0.25, -0.2) is 15.0 Å². The molecule has 2 aliphatic carbocycles. The van der Waals surface area contributed by atoms with Gasteiger partial charge < -0.3 is 9.47 Å². The van der Waals surface area contributed by atoms with Gasteiger partial charge in [-0.3, -0.25) is 0 Å². The lowest BCUT2D eigenvalue weighted by molar-refractivity contribution is 0.745. The van der Waals surface area contributed by atoms with Crippen LogP contribution in [0.5, 0.6) is 0 Å². The number of hydrogen-bond acceptors (Lipinski definition) is 4. The standard InChI is InChI=1S/C70H45N5/c1-4-18-44(19-5-1)45-34-36-47(37-35-45)68-71-67(46-20-6-2-7-21-46)72-69(73-68)55-27-17-29-59-65(55)56-42-48(49-38-40-53-51-24-10-13-31-61(51)74(64(53)43-49)50-22-8-3-9-23-50)39-41-57(56)70(59)58-28-12-15-33-63(58)75-62-32-14-11-25-52(62)54-26-16-30-60(70)66(54)75/h1-43,51,61H. The minimum atomic E-state index is -0.679. The summed E-state index contributed by atoms with van der Waals surface area (Å²) in [5, 5.41) is 2.50. The number of benzene rings is 10. The Kier molecular flexibility index (Phi) is 9.01. The topological polar surface area (TPSA) is 46.8 Å². The van der Waals surface area contributed by atoms with E-state index in [1.807, 2.05) is 6.07 Å². The Hall–Kier alpha value is -9.71. The molecule has 3 atom stereocenters. The van der Waals surface area contributed by atoms with Gasteiger partial charge in [0, 0.05) is 44.8 Å². The van der Waals surface area contributed by atoms with Crippen LogP contribution in [0.3, 0.4) is 0 Å². The van der Waals surface area contributed by atoms with Crippen LogP contribution in [0.4, 0.5) is 11.4 Å². The highest BCUT2D eigenvalue weighted by atomic mass is 15.2. The molecule has 10 aromatic carbocycles. The lowest BCUT2D eigenvalue weighted by atomic mass is 9.65. The third kappa shape index (κ3) is 6.04. The first kappa shape index (κ1) is 41.9. The van der Waals surface area contributed by atoms with Crippen LogP contribution in [0.1, 0.15) is 33.7 Å². The molecule has 2 aliphatic heterocycles. The van der Waals surface area contributed by atoms with Gasteiger partial charge in [0.1, 0.15) is 0 Å². The Morgan fingerprint density at radius 3 is 1.79 bits per heavy atom. The second kappa shape index (κ2) is 16.1. The highest BCUT2D eigenvalue weighted by molar-refractivity contribution is 6.13. The highest BCUT2D eigenvalue weighted by Gasteiger charge is 2.52. The van der Waals surface area contributed by atoms with Crippen LogP contribution in [-0.4, -0.2) is 25.6 Å². The lowest BCUT2D eigenvalue weighted by Gasteiger charge is -2.39. The number of anilines is 2. The van der Waals surface area contributed by atoms with Gasteiger partial charge in [-0.15, -0.1) is 0 Å². The normalized spacial score (nSPS) is 17.3. The Morgan fingerprint density at radius 1 is 0.373 bits per heavy atom. The number of hydrogen-bond donors (Lipinski definition) is 0. The maximum Gasteiger partial charge on any atom is 0.164 e. The smallest absolute Gasteiger partial charge is 0.164 e. The zero-order valence-electron chi connectivity index (χ0n) is 40.7. The summed E-state index contributed by atoms with van der Waals surface area (Å²) < 4.78 is 2.51. The van der Waals surface area contributed by atoms with Crippen LogP contribution in [0.2, 0.25) is 0 Å². The minimum Gasteiger partial charge on any atom is -0.333 e. The van der Waals surface area contributed by atoms with Gasteiger partial charge in [-0.05, 0) is 97.6 Å². The van der Waals surface area contributed by atoms with Crippen molar-refractivity contribution in [3.63, 3.8) is 0 Å². The van der Waals surface area contributed by atoms with Gasteiger partial charge in [-0.1, -0.05) is 224 Å². The van der Waals surface area contributed by atoms with E-state index in [1.54, 1.807) is 0 Å². The Morgan fingerprint density at radius 2 is 0.960 bits per heavy atom. The summed E-state index contributed by atoms with van der Waals surface area (Å²) in [6, 6.07) is 86.5. The van der Waals surface area contributed by atoms with E-state index in [-0.39, 0.29) is 12.0 Å². The fraction of sp³-hybridized carbons (Fsp3) is 0.0429. The van der Waals surface area contributed by atoms with Crippen molar-refractivity contribution in [1.82, 2.24) is 19.5 Å². The average molecular weight is 956 g/mol. The van der Waals surface area contributed by atoms with Gasteiger partial charge in [0.2, 0.25) is 0 Å². The number of para-hydroxylation sites is 4. The molecule has 0 saturated heterocycles. The maximum atomic E-state index is 5.48. The van der Waals surface area contributed by atoms with Crippen LogP contribution >= 0.6 is 0 Å². The number of fused-ring (bicyclic) bond motifs is 15. The van der Waals surface area contributed by atoms with Crippen molar-refractivity contribution in [1.29, 1.82) is 0 Å². The van der Waals surface area contributed by atoms with Crippen molar-refractivity contribution in [2.75, 3.05) is 4.90 Å². The zero-order chi connectivity index (χ0) is 49.2. The molecule has 75 heavy (non-hydrogen) atoms. The highest BCUT2D eigenvalue weighted by Crippen LogP contribution is 2.63. The predicted molar refractivity (Wildman–Crippen MR) is 306 cm³/mol. The molecule has 0 amide bonds. The molecule has 4 aliphatic rings. The maximum absolute atomic E-state index is 5.48. The number of aromatic nitrogens is 4. The molecule has 3 unspecified atom stereocenters. The van der Waals surface area contributed by atoms with E-state index < -0.39 is 5.41 Å². The van der Waals surface area contributed by atoms with E-state index in [0.717, 1.165) is 33.4 Å². The SMILES string of the molecule is C1=CC2c3ccc(-c4ccc5c(c4)-c4c(-c6nc(-c7ccccc7)nc(-c7ccc(-c8ccccc8)cc7)n6)cccc4C54c5ccccc5-n5c6ccccc6c6cccc4c65)cc3N(c3ccccc3)C2C=C1. The second-order valence-corrected chi connectivity index (χ2v) is 20.2. The van der Waals surface area contributed by atoms with Gasteiger partial charge in [0.25, 0.3) is 0 Å². The van der Waals surface area contributed by atoms with E-state index in [0.29, 0.717) is 17.5 Å². The first-order chi connectivity index (χ1) is 37.2. The van der Waals surface area contributed by atoms with Gasteiger partial charge >= 0.3 is 0 Å². The van der Waals surface area contributed by atoms with Crippen molar-refractivity contribution in [3.8, 4) is 73.2 Å². The molecule has 16 rings (SSSR count). The molecule has 0 saturated carbocycles. The van der Waals surface area contributed by atoms with Crippen LogP contribution in [0.15, 0.2) is 261 Å². The first-order valence-electron chi connectivity index (χ1n) is 25.9. The van der Waals surface area contributed by atoms with Crippen molar-refractivity contribution in [2.24, 2.45) is 0 Å². The number of nitrogens with zero attached hydrogens (tertiary/aromatic N) is 5. The fourth-order valence-corrected chi connectivity index (χ4v) is 13.2. The summed E-state index contributed by atoms with van der Waals surface area (Å²) >= 11 is 0. The van der Waals surface area contributed by atoms with Crippen LogP contribution in [-0.2, 0) is 5.41 Å². The minimum absolute atomic E-state index is 0.203. The van der Waals surface area contributed by atoms with Crippen molar-refractivity contribution >= 4 is 33.2 Å². The molecular formula is C70H45N5. The first-order valence-corrected chi connectivity index (χ1v) is 25.9. The molecule has 12 aromatic rings. The zero-order valence-corrected chi connectivity index (χ0v) is 40.7. The molecule has 5 nitrogen and oxygen atoms in total. The van der Waals surface area contributed by atoms with E-state index in [1.165, 1.54) is 83.4 Å². The predicted octanol–water partition coefficient (Wildman–Crippen LogP) is 16.7. The molecule has 0 N–H and O–H groups in total. The molecule has 2 aromatic heterocycles. The van der Waals surface area contributed by atoms with E-state index in [9.17, 15) is 0 Å². The summed E-state index contributed by atoms with van der Waals surface area (Å²) in [7, 11) is 0. The van der Waals surface area contributed by atoms with Crippen molar-refractivity contribution in [3.05, 3.63) is 289 Å². The average Bonchev–Trinajstić information content (AvgIpc) is 4.15. The molecule has 350 valence electrons. The quantitative estimate of drug-likeness (QED) is 0.167. The van der Waals surface area contributed by atoms with Crippen LogP contribution in [0, 0.1) is 0 Å². The summed E-state index contributed by atoms with van der Waals surface area (Å²) in [6.07, 6.45) is 9.10. The third-order valence-corrected chi connectivity index (χ3v) is 16.4. The molecule has 0 bridgehead atoms. The van der Waals surface area contributed by atoms with Gasteiger partial charge in [0.05, 0.1) is 28.2 Å². The molecule has 0 radical (unpaired) electrons. The van der Waals surface area contributed by atoms with Crippen molar-refractivity contribution < 1.29 is 0 Å². The monoisotopic (exact) mass is 955 g/mol. The van der Waals surface area contributed by atoms with Gasteiger partial charge in [-0.2, -0.15) is 0 Å². The Bertz CT molecular complexity index is 4360. The summed E-state index contributed by atoms with van der Waals surface area (Å²) in [6.45, 7) is 0. The van der Waals surface area contributed by atoms with Crippen molar-refractivity contribution in [2.45, 2.75) is 17.4 Å². The van der Waals surface area contributed by atoms with Crippen LogP contribution in [0.25, 0.3) is 95.0 Å². The Labute approximate surface area is 434 Å². The van der Waals surface area contributed by atoms with E-state index in [4.69, 9.17) is 15.0 Å². The Balaban J connectivity index is 0.960. The molecule has 5 heteroatoms. The fourth-order valence-electron chi connectivity index (χ4n) is 13.2. The number of rotatable bonds is 6.